The molecule has 2 unspecified atom stereocenters. The quantitative estimate of drug-likeness (QED) is 0.700. The van der Waals surface area contributed by atoms with Crippen LogP contribution >= 0.6 is 0 Å². The zero-order chi connectivity index (χ0) is 12.8. The molecule has 0 aliphatic heterocycles. The summed E-state index contributed by atoms with van der Waals surface area (Å²) >= 11 is 0. The van der Waals surface area contributed by atoms with E-state index in [0.29, 0.717) is 25.9 Å². The Morgan fingerprint density at radius 3 is 1.71 bits per heavy atom. The number of rotatable bonds is 4. The Kier molecular flexibility index (Phi) is 5.41. The van der Waals surface area contributed by atoms with E-state index in [0.717, 1.165) is 0 Å². The second kappa shape index (κ2) is 6.59. The Bertz CT molecular complexity index is 252. The van der Waals surface area contributed by atoms with Crippen molar-refractivity contribution in [3.63, 3.8) is 0 Å². The summed E-state index contributed by atoms with van der Waals surface area (Å²) in [6.45, 7) is 5.27. The molecule has 2 atom stereocenters. The molecule has 0 aromatic carbocycles. The second-order valence-corrected chi connectivity index (χ2v) is 4.25. The fourth-order valence-electron chi connectivity index (χ4n) is 2.20. The van der Waals surface area contributed by atoms with Gasteiger partial charge in [0.15, 0.2) is 0 Å². The summed E-state index contributed by atoms with van der Waals surface area (Å²) in [7, 11) is 0. The van der Waals surface area contributed by atoms with Gasteiger partial charge in [-0.05, 0) is 6.92 Å². The molecular formula is C12H20O5. The van der Waals surface area contributed by atoms with Crippen LogP contribution in [0.3, 0.4) is 0 Å². The average molecular weight is 244 g/mol. The molecule has 1 aliphatic carbocycles. The van der Waals surface area contributed by atoms with Crippen LogP contribution in [0.2, 0.25) is 0 Å². The van der Waals surface area contributed by atoms with Crippen molar-refractivity contribution in [1.29, 1.82) is 0 Å². The van der Waals surface area contributed by atoms with Gasteiger partial charge in [-0.15, -0.1) is 0 Å². The highest BCUT2D eigenvalue weighted by atomic mass is 16.6. The third-order valence-corrected chi connectivity index (χ3v) is 2.64. The lowest BCUT2D eigenvalue weighted by Gasteiger charge is -2.33. The number of ether oxygens (including phenoxy) is 3. The van der Waals surface area contributed by atoms with E-state index in [1.165, 1.54) is 13.8 Å². The number of carbonyl (C=O) groups excluding carboxylic acids is 2. The molecule has 5 nitrogen and oxygen atoms in total. The lowest BCUT2D eigenvalue weighted by atomic mass is 9.92. The summed E-state index contributed by atoms with van der Waals surface area (Å²) in [5.41, 5.74) is 0. The third kappa shape index (κ3) is 5.17. The van der Waals surface area contributed by atoms with Gasteiger partial charge in [-0.25, -0.2) is 0 Å². The van der Waals surface area contributed by atoms with E-state index in [9.17, 15) is 9.59 Å². The molecule has 1 fully saturated rings. The average Bonchev–Trinajstić information content (AvgIpc) is 2.14. The summed E-state index contributed by atoms with van der Waals surface area (Å²) in [5, 5.41) is 0. The Morgan fingerprint density at radius 1 is 0.941 bits per heavy atom. The molecule has 0 N–H and O–H groups in total. The lowest BCUT2D eigenvalue weighted by Crippen LogP contribution is -2.38. The Balaban J connectivity index is 2.55. The van der Waals surface area contributed by atoms with E-state index in [1.54, 1.807) is 0 Å². The molecule has 0 aromatic rings. The maximum absolute atomic E-state index is 10.9. The zero-order valence-electron chi connectivity index (χ0n) is 10.6. The molecule has 1 rings (SSSR count). The number of hydrogen-bond donors (Lipinski definition) is 0. The fourth-order valence-corrected chi connectivity index (χ4v) is 2.20. The summed E-state index contributed by atoms with van der Waals surface area (Å²) in [6, 6.07) is 0. The smallest absolute Gasteiger partial charge is 0.302 e. The first-order chi connectivity index (χ1) is 8.01. The van der Waals surface area contributed by atoms with Gasteiger partial charge in [-0.2, -0.15) is 0 Å². The van der Waals surface area contributed by atoms with E-state index < -0.39 is 0 Å². The van der Waals surface area contributed by atoms with Crippen LogP contribution in [0.25, 0.3) is 0 Å². The van der Waals surface area contributed by atoms with Crippen LogP contribution in [-0.4, -0.2) is 36.9 Å². The maximum Gasteiger partial charge on any atom is 0.302 e. The predicted octanol–water partition coefficient (Wildman–Crippen LogP) is 1.44. The van der Waals surface area contributed by atoms with Crippen molar-refractivity contribution in [2.45, 2.75) is 58.3 Å². The zero-order valence-corrected chi connectivity index (χ0v) is 10.6. The van der Waals surface area contributed by atoms with E-state index in [4.69, 9.17) is 14.2 Å². The molecule has 0 bridgehead atoms. The van der Waals surface area contributed by atoms with Crippen molar-refractivity contribution in [2.75, 3.05) is 6.61 Å². The van der Waals surface area contributed by atoms with Crippen LogP contribution < -0.4 is 0 Å². The second-order valence-electron chi connectivity index (χ2n) is 4.25. The number of carbonyl (C=O) groups is 2. The van der Waals surface area contributed by atoms with E-state index >= 15 is 0 Å². The van der Waals surface area contributed by atoms with Crippen molar-refractivity contribution in [2.24, 2.45) is 0 Å². The van der Waals surface area contributed by atoms with E-state index in [-0.39, 0.29) is 30.3 Å². The molecule has 0 aromatic heterocycles. The van der Waals surface area contributed by atoms with Crippen LogP contribution in [0.1, 0.15) is 40.0 Å². The van der Waals surface area contributed by atoms with Crippen LogP contribution in [0.15, 0.2) is 0 Å². The summed E-state index contributed by atoms with van der Waals surface area (Å²) in [5.74, 6) is -0.623. The van der Waals surface area contributed by atoms with Crippen molar-refractivity contribution in [3.8, 4) is 0 Å². The van der Waals surface area contributed by atoms with Crippen molar-refractivity contribution in [3.05, 3.63) is 0 Å². The molecule has 17 heavy (non-hydrogen) atoms. The first kappa shape index (κ1) is 14.0. The van der Waals surface area contributed by atoms with Crippen LogP contribution in [-0.2, 0) is 23.8 Å². The highest BCUT2D eigenvalue weighted by Gasteiger charge is 2.32. The maximum atomic E-state index is 10.9. The fraction of sp³-hybridized carbons (Fsp3) is 0.833. The van der Waals surface area contributed by atoms with Gasteiger partial charge in [-0.1, -0.05) is 0 Å². The minimum atomic E-state index is -0.311. The number of esters is 2. The van der Waals surface area contributed by atoms with Gasteiger partial charge >= 0.3 is 11.9 Å². The molecule has 0 radical (unpaired) electrons. The highest BCUT2D eigenvalue weighted by molar-refractivity contribution is 5.66. The molecule has 0 heterocycles. The van der Waals surface area contributed by atoms with E-state index in [2.05, 4.69) is 0 Å². The van der Waals surface area contributed by atoms with Crippen LogP contribution in [0.4, 0.5) is 0 Å². The molecule has 0 saturated heterocycles. The molecule has 1 saturated carbocycles. The largest absolute Gasteiger partial charge is 0.462 e. The molecule has 1 aliphatic rings. The highest BCUT2D eigenvalue weighted by Crippen LogP contribution is 2.26. The normalized spacial score (nSPS) is 28.5. The van der Waals surface area contributed by atoms with Gasteiger partial charge in [-0.3, -0.25) is 9.59 Å². The molecule has 5 heteroatoms. The van der Waals surface area contributed by atoms with Crippen molar-refractivity contribution < 1.29 is 23.8 Å². The van der Waals surface area contributed by atoms with Gasteiger partial charge in [0.25, 0.3) is 0 Å². The predicted molar refractivity (Wildman–Crippen MR) is 60.4 cm³/mol. The van der Waals surface area contributed by atoms with E-state index in [1.807, 2.05) is 6.92 Å². The summed E-state index contributed by atoms with van der Waals surface area (Å²) < 4.78 is 15.9. The molecular weight excluding hydrogens is 224 g/mol. The van der Waals surface area contributed by atoms with Gasteiger partial charge in [0.2, 0.25) is 0 Å². The molecule has 0 amide bonds. The van der Waals surface area contributed by atoms with Crippen LogP contribution in [0, 0.1) is 0 Å². The van der Waals surface area contributed by atoms with Gasteiger partial charge in [0.1, 0.15) is 12.2 Å². The Morgan fingerprint density at radius 2 is 1.35 bits per heavy atom. The minimum Gasteiger partial charge on any atom is -0.462 e. The van der Waals surface area contributed by atoms with Crippen molar-refractivity contribution in [1.82, 2.24) is 0 Å². The van der Waals surface area contributed by atoms with Gasteiger partial charge in [0.05, 0.1) is 6.10 Å². The van der Waals surface area contributed by atoms with Crippen molar-refractivity contribution >= 4 is 11.9 Å². The monoisotopic (exact) mass is 244 g/mol. The Labute approximate surface area is 101 Å². The van der Waals surface area contributed by atoms with Gasteiger partial charge < -0.3 is 14.2 Å². The van der Waals surface area contributed by atoms with Crippen LogP contribution in [0.5, 0.6) is 0 Å². The topological polar surface area (TPSA) is 61.8 Å². The minimum absolute atomic E-state index is 0.0116. The first-order valence-corrected chi connectivity index (χ1v) is 5.97. The van der Waals surface area contributed by atoms with Gasteiger partial charge in [0, 0.05) is 39.7 Å². The standard InChI is InChI=1S/C12H20O5/c1-4-15-10-5-11(16-8(2)13)7-12(6-10)17-9(3)14/h10-12H,4-7H2,1-3H3. The summed E-state index contributed by atoms with van der Waals surface area (Å²) in [4.78, 5) is 21.9. The molecule has 0 spiro atoms. The SMILES string of the molecule is CCOC1CC(OC(C)=O)CC(OC(C)=O)C1. The summed E-state index contributed by atoms with van der Waals surface area (Å²) in [6.07, 6.45) is 1.45. The molecule has 98 valence electrons. The number of hydrogen-bond acceptors (Lipinski definition) is 5. The first-order valence-electron chi connectivity index (χ1n) is 5.97. The third-order valence-electron chi connectivity index (χ3n) is 2.64. The lowest BCUT2D eigenvalue weighted by molar-refractivity contribution is -0.162. The Hall–Kier alpha value is -1.10.